The van der Waals surface area contributed by atoms with Crippen LogP contribution in [0.25, 0.3) is 16.9 Å². The van der Waals surface area contributed by atoms with Crippen LogP contribution in [-0.2, 0) is 6.42 Å². The smallest absolute Gasteiger partial charge is 0.283 e. The molecule has 4 rings (SSSR count). The van der Waals surface area contributed by atoms with E-state index in [2.05, 4.69) is 26.5 Å². The molecule has 2 heterocycles. The van der Waals surface area contributed by atoms with Gasteiger partial charge in [0.2, 0.25) is 0 Å². The number of carbonyl (C=O) groups is 1. The Labute approximate surface area is 204 Å². The predicted molar refractivity (Wildman–Crippen MR) is 129 cm³/mol. The van der Waals surface area contributed by atoms with E-state index in [0.29, 0.717) is 53.8 Å². The average Bonchev–Trinajstić information content (AvgIpc) is 3.15. The Hall–Kier alpha value is -1.93. The molecule has 1 saturated heterocycles. The molecule has 0 atom stereocenters. The van der Waals surface area contributed by atoms with Crippen LogP contribution in [0.3, 0.4) is 0 Å². The van der Waals surface area contributed by atoms with E-state index in [9.17, 15) is 9.18 Å². The molecule has 2 aromatic carbocycles. The number of halogens is 4. The molecule has 0 aliphatic carbocycles. The molecule has 3 aromatic rings. The van der Waals surface area contributed by atoms with Crippen molar-refractivity contribution in [3.8, 4) is 16.9 Å². The summed E-state index contributed by atoms with van der Waals surface area (Å²) in [7, 11) is 0. The molecule has 0 unspecified atom stereocenters. The van der Waals surface area contributed by atoms with Crippen LogP contribution < -0.4 is 5.43 Å². The fourth-order valence-corrected chi connectivity index (χ4v) is 4.61. The van der Waals surface area contributed by atoms with E-state index in [0.717, 1.165) is 21.3 Å². The van der Waals surface area contributed by atoms with Crippen molar-refractivity contribution in [1.82, 2.24) is 20.2 Å². The van der Waals surface area contributed by atoms with Crippen molar-refractivity contribution in [3.05, 3.63) is 68.2 Å². The van der Waals surface area contributed by atoms with Gasteiger partial charge in [-0.1, -0.05) is 58.2 Å². The van der Waals surface area contributed by atoms with E-state index in [1.54, 1.807) is 27.9 Å². The number of benzene rings is 2. The van der Waals surface area contributed by atoms with E-state index < -0.39 is 6.17 Å². The zero-order valence-corrected chi connectivity index (χ0v) is 20.5. The molecule has 1 aromatic heterocycles. The van der Waals surface area contributed by atoms with Gasteiger partial charge < -0.3 is 0 Å². The monoisotopic (exact) mass is 538 g/mol. The molecule has 1 N–H and O–H groups in total. The van der Waals surface area contributed by atoms with Crippen molar-refractivity contribution in [1.29, 1.82) is 0 Å². The van der Waals surface area contributed by atoms with E-state index >= 15 is 0 Å². The molecule has 0 saturated carbocycles. The number of rotatable bonds is 5. The highest BCUT2D eigenvalue weighted by atomic mass is 79.9. The highest BCUT2D eigenvalue weighted by Crippen LogP contribution is 2.34. The van der Waals surface area contributed by atoms with Gasteiger partial charge in [0.15, 0.2) is 5.69 Å². The Balaban J connectivity index is 1.80. The first-order valence-corrected chi connectivity index (χ1v) is 12.0. The Morgan fingerprint density at radius 3 is 2.50 bits per heavy atom. The number of hydrogen-bond donors (Lipinski definition) is 1. The minimum absolute atomic E-state index is 0.318. The third kappa shape index (κ3) is 4.86. The number of carbonyl (C=O) groups excluding carboxylic acids is 1. The fraction of sp³-hybridized carbons (Fsp3) is 0.304. The highest BCUT2D eigenvalue weighted by Gasteiger charge is 2.27. The zero-order valence-electron chi connectivity index (χ0n) is 17.4. The highest BCUT2D eigenvalue weighted by molar-refractivity contribution is 9.10. The SMILES string of the molecule is CCc1c(C(=O)NN2CCC(F)CC2)nn(-c2ccc(Cl)cc2Cl)c1-c1ccc(Br)cc1. The van der Waals surface area contributed by atoms with Crippen molar-refractivity contribution < 1.29 is 9.18 Å². The third-order valence-electron chi connectivity index (χ3n) is 5.49. The summed E-state index contributed by atoms with van der Waals surface area (Å²) in [5.41, 5.74) is 6.34. The second-order valence-electron chi connectivity index (χ2n) is 7.65. The first-order valence-electron chi connectivity index (χ1n) is 10.4. The standard InChI is InChI=1S/C23H22BrCl2FN4O/c1-2-18-21(23(32)29-30-11-9-17(27)10-12-30)28-31(20-8-7-16(25)13-19(20)26)22(18)14-3-5-15(24)6-4-14/h3-8,13,17H,2,9-12H2,1H3,(H,29,32). The number of piperidine rings is 1. The molecule has 0 bridgehead atoms. The summed E-state index contributed by atoms with van der Waals surface area (Å²) in [5.74, 6) is -0.318. The van der Waals surface area contributed by atoms with Crippen LogP contribution in [0.15, 0.2) is 46.9 Å². The van der Waals surface area contributed by atoms with E-state index in [4.69, 9.17) is 23.2 Å². The second kappa shape index (κ2) is 9.91. The molecule has 0 spiro atoms. The average molecular weight is 540 g/mol. The lowest BCUT2D eigenvalue weighted by Crippen LogP contribution is -2.47. The van der Waals surface area contributed by atoms with E-state index in [-0.39, 0.29) is 5.91 Å². The maximum Gasteiger partial charge on any atom is 0.286 e. The van der Waals surface area contributed by atoms with Crippen LogP contribution in [-0.4, -0.2) is 40.0 Å². The molecule has 9 heteroatoms. The summed E-state index contributed by atoms with van der Waals surface area (Å²) in [6.07, 6.45) is 0.579. The Morgan fingerprint density at radius 1 is 1.19 bits per heavy atom. The number of hydrazine groups is 1. The zero-order chi connectivity index (χ0) is 22.8. The van der Waals surface area contributed by atoms with Crippen molar-refractivity contribution in [3.63, 3.8) is 0 Å². The number of aromatic nitrogens is 2. The molecule has 0 radical (unpaired) electrons. The van der Waals surface area contributed by atoms with Gasteiger partial charge in [-0.15, -0.1) is 0 Å². The van der Waals surface area contributed by atoms with Crippen LogP contribution in [0.5, 0.6) is 0 Å². The van der Waals surface area contributed by atoms with Crippen LogP contribution >= 0.6 is 39.1 Å². The van der Waals surface area contributed by atoms with E-state index in [1.807, 2.05) is 31.2 Å². The first kappa shape index (κ1) is 23.2. The van der Waals surface area contributed by atoms with Crippen LogP contribution in [0, 0.1) is 0 Å². The Kier molecular flexibility index (Phi) is 7.20. The largest absolute Gasteiger partial charge is 0.286 e. The lowest BCUT2D eigenvalue weighted by molar-refractivity contribution is 0.0657. The lowest BCUT2D eigenvalue weighted by atomic mass is 10.0. The quantitative estimate of drug-likeness (QED) is 0.417. The van der Waals surface area contributed by atoms with E-state index in [1.165, 1.54) is 0 Å². The molecule has 1 aliphatic heterocycles. The molecule has 1 amide bonds. The van der Waals surface area contributed by atoms with Gasteiger partial charge in [0.05, 0.1) is 16.4 Å². The van der Waals surface area contributed by atoms with Gasteiger partial charge in [0.1, 0.15) is 6.17 Å². The topological polar surface area (TPSA) is 50.2 Å². The Morgan fingerprint density at radius 2 is 1.88 bits per heavy atom. The maximum atomic E-state index is 13.5. The fourth-order valence-electron chi connectivity index (χ4n) is 3.86. The Bertz CT molecular complexity index is 1130. The summed E-state index contributed by atoms with van der Waals surface area (Å²) in [5, 5.41) is 7.38. The van der Waals surface area contributed by atoms with Crippen molar-refractivity contribution in [2.24, 2.45) is 0 Å². The summed E-state index contributed by atoms with van der Waals surface area (Å²) in [6, 6.07) is 13.0. The molecule has 5 nitrogen and oxygen atoms in total. The van der Waals surface area contributed by atoms with Gasteiger partial charge in [-0.05, 0) is 49.6 Å². The number of nitrogens with one attached hydrogen (secondary N) is 1. The first-order chi connectivity index (χ1) is 15.4. The van der Waals surface area contributed by atoms with Gasteiger partial charge in [-0.3, -0.25) is 10.2 Å². The predicted octanol–water partition coefficient (Wildman–Crippen LogP) is 6.25. The van der Waals surface area contributed by atoms with Crippen molar-refractivity contribution in [2.45, 2.75) is 32.4 Å². The van der Waals surface area contributed by atoms with Crippen LogP contribution in [0.2, 0.25) is 10.0 Å². The second-order valence-corrected chi connectivity index (χ2v) is 9.41. The van der Waals surface area contributed by atoms with Gasteiger partial charge in [-0.25, -0.2) is 14.1 Å². The summed E-state index contributed by atoms with van der Waals surface area (Å²) in [6.45, 7) is 2.92. The number of alkyl halides is 1. The minimum atomic E-state index is -0.815. The van der Waals surface area contributed by atoms with Gasteiger partial charge in [0.25, 0.3) is 5.91 Å². The third-order valence-corrected chi connectivity index (χ3v) is 6.56. The molecule has 1 fully saturated rings. The summed E-state index contributed by atoms with van der Waals surface area (Å²) < 4.78 is 16.1. The number of amides is 1. The van der Waals surface area contributed by atoms with Gasteiger partial charge in [-0.2, -0.15) is 5.10 Å². The number of nitrogens with zero attached hydrogens (tertiary/aromatic N) is 3. The molecule has 1 aliphatic rings. The molecule has 168 valence electrons. The summed E-state index contributed by atoms with van der Waals surface area (Å²) in [4.78, 5) is 13.2. The van der Waals surface area contributed by atoms with Crippen molar-refractivity contribution >= 4 is 45.0 Å². The van der Waals surface area contributed by atoms with Gasteiger partial charge in [0, 0.05) is 33.7 Å². The molecular formula is C23H22BrCl2FN4O. The van der Waals surface area contributed by atoms with Crippen molar-refractivity contribution in [2.75, 3.05) is 13.1 Å². The van der Waals surface area contributed by atoms with Crippen LogP contribution in [0.1, 0.15) is 35.8 Å². The molecular weight excluding hydrogens is 518 g/mol. The summed E-state index contributed by atoms with van der Waals surface area (Å²) >= 11 is 16.1. The van der Waals surface area contributed by atoms with Crippen LogP contribution in [0.4, 0.5) is 4.39 Å². The number of hydrogen-bond acceptors (Lipinski definition) is 3. The minimum Gasteiger partial charge on any atom is -0.283 e. The van der Waals surface area contributed by atoms with Gasteiger partial charge >= 0.3 is 0 Å². The normalized spacial score (nSPS) is 15.2. The molecule has 32 heavy (non-hydrogen) atoms. The lowest BCUT2D eigenvalue weighted by Gasteiger charge is -2.28. The maximum absolute atomic E-state index is 13.5.